The van der Waals surface area contributed by atoms with Crippen LogP contribution in [-0.4, -0.2) is 4.98 Å². The van der Waals surface area contributed by atoms with Gasteiger partial charge < -0.3 is 4.98 Å². The Bertz CT molecular complexity index is 665. The Morgan fingerprint density at radius 3 is 2.29 bits per heavy atom. The zero-order valence-corrected chi connectivity index (χ0v) is 8.87. The van der Waals surface area contributed by atoms with Gasteiger partial charge in [-0.05, 0) is 29.8 Å². The molecule has 0 amide bonds. The van der Waals surface area contributed by atoms with Crippen molar-refractivity contribution in [3.05, 3.63) is 60.3 Å². The third kappa shape index (κ3) is 1.51. The summed E-state index contributed by atoms with van der Waals surface area (Å²) in [6.45, 7) is 0. The first kappa shape index (κ1) is 10.0. The van der Waals surface area contributed by atoms with E-state index in [0.717, 1.165) is 10.9 Å². The highest BCUT2D eigenvalue weighted by atomic mass is 19.1. The minimum atomic E-state index is -0.543. The predicted octanol–water partition coefficient (Wildman–Crippen LogP) is 4.11. The smallest absolute Gasteiger partial charge is 0.133 e. The van der Waals surface area contributed by atoms with Crippen LogP contribution in [0.3, 0.4) is 0 Å². The lowest BCUT2D eigenvalue weighted by Crippen LogP contribution is -1.89. The van der Waals surface area contributed by atoms with Crippen LogP contribution in [0.4, 0.5) is 8.78 Å². The first-order valence-electron chi connectivity index (χ1n) is 5.28. The van der Waals surface area contributed by atoms with Crippen LogP contribution in [0.5, 0.6) is 0 Å². The van der Waals surface area contributed by atoms with E-state index in [1.165, 1.54) is 18.2 Å². The maximum absolute atomic E-state index is 13.7. The fourth-order valence-electron chi connectivity index (χ4n) is 2.06. The average molecular weight is 229 g/mol. The fourth-order valence-corrected chi connectivity index (χ4v) is 2.06. The Morgan fingerprint density at radius 1 is 0.824 bits per heavy atom. The molecule has 3 heteroatoms. The highest BCUT2D eigenvalue weighted by Crippen LogP contribution is 2.31. The maximum atomic E-state index is 13.7. The lowest BCUT2D eigenvalue weighted by Gasteiger charge is -2.06. The summed E-state index contributed by atoms with van der Waals surface area (Å²) in [6.07, 6.45) is 1.76. The van der Waals surface area contributed by atoms with Gasteiger partial charge in [0.05, 0.1) is 5.56 Å². The summed E-state index contributed by atoms with van der Waals surface area (Å²) in [5.74, 6) is -1.09. The SMILES string of the molecule is Fc1cccc(F)c1-c1cccc2[nH]ccc12. The highest BCUT2D eigenvalue weighted by Gasteiger charge is 2.13. The molecule has 0 saturated heterocycles. The number of aromatic amines is 1. The minimum absolute atomic E-state index is 0.0256. The first-order chi connectivity index (χ1) is 8.27. The van der Waals surface area contributed by atoms with Gasteiger partial charge in [-0.15, -0.1) is 0 Å². The van der Waals surface area contributed by atoms with Crippen molar-refractivity contribution < 1.29 is 8.78 Å². The minimum Gasteiger partial charge on any atom is -0.361 e. The van der Waals surface area contributed by atoms with Crippen LogP contribution in [0, 0.1) is 11.6 Å². The zero-order chi connectivity index (χ0) is 11.8. The molecular weight excluding hydrogens is 220 g/mol. The summed E-state index contributed by atoms with van der Waals surface area (Å²) in [5.41, 5.74) is 1.46. The molecule has 0 unspecified atom stereocenters. The number of fused-ring (bicyclic) bond motifs is 1. The molecule has 17 heavy (non-hydrogen) atoms. The standard InChI is InChI=1S/C14H9F2N/c15-11-4-2-5-12(16)14(11)10-3-1-6-13-9(10)7-8-17-13/h1-8,17H. The van der Waals surface area contributed by atoms with E-state index in [-0.39, 0.29) is 5.56 Å². The van der Waals surface area contributed by atoms with Crippen LogP contribution in [-0.2, 0) is 0 Å². The molecule has 0 radical (unpaired) electrons. The molecular formula is C14H9F2N. The topological polar surface area (TPSA) is 15.8 Å². The van der Waals surface area contributed by atoms with Gasteiger partial charge in [0.2, 0.25) is 0 Å². The Labute approximate surface area is 96.7 Å². The largest absolute Gasteiger partial charge is 0.361 e. The third-order valence-corrected chi connectivity index (χ3v) is 2.83. The van der Waals surface area contributed by atoms with Crippen LogP contribution in [0.2, 0.25) is 0 Å². The molecule has 0 aliphatic carbocycles. The molecule has 0 fully saturated rings. The van der Waals surface area contributed by atoms with Gasteiger partial charge in [-0.3, -0.25) is 0 Å². The van der Waals surface area contributed by atoms with Crippen molar-refractivity contribution in [1.29, 1.82) is 0 Å². The normalized spacial score (nSPS) is 10.9. The molecule has 1 heterocycles. The van der Waals surface area contributed by atoms with Crippen LogP contribution >= 0.6 is 0 Å². The molecule has 84 valence electrons. The number of nitrogens with one attached hydrogen (secondary N) is 1. The van der Waals surface area contributed by atoms with E-state index < -0.39 is 11.6 Å². The predicted molar refractivity (Wildman–Crippen MR) is 63.7 cm³/mol. The van der Waals surface area contributed by atoms with E-state index in [0.29, 0.717) is 5.56 Å². The van der Waals surface area contributed by atoms with Gasteiger partial charge in [0.25, 0.3) is 0 Å². The van der Waals surface area contributed by atoms with Crippen LogP contribution < -0.4 is 0 Å². The van der Waals surface area contributed by atoms with Gasteiger partial charge >= 0.3 is 0 Å². The van der Waals surface area contributed by atoms with Gasteiger partial charge in [0, 0.05) is 17.1 Å². The zero-order valence-electron chi connectivity index (χ0n) is 8.87. The van der Waals surface area contributed by atoms with E-state index >= 15 is 0 Å². The Kier molecular flexibility index (Phi) is 2.18. The summed E-state index contributed by atoms with van der Waals surface area (Å²) in [4.78, 5) is 3.02. The molecule has 0 atom stereocenters. The molecule has 3 rings (SSSR count). The third-order valence-electron chi connectivity index (χ3n) is 2.83. The van der Waals surface area contributed by atoms with Crippen molar-refractivity contribution in [3.63, 3.8) is 0 Å². The van der Waals surface area contributed by atoms with Crippen molar-refractivity contribution in [1.82, 2.24) is 4.98 Å². The second-order valence-electron chi connectivity index (χ2n) is 3.84. The molecule has 0 bridgehead atoms. The van der Waals surface area contributed by atoms with Crippen molar-refractivity contribution >= 4 is 10.9 Å². The molecule has 1 nitrogen and oxygen atoms in total. The van der Waals surface area contributed by atoms with Gasteiger partial charge in [-0.25, -0.2) is 8.78 Å². The quantitative estimate of drug-likeness (QED) is 0.646. The summed E-state index contributed by atoms with van der Waals surface area (Å²) >= 11 is 0. The Balaban J connectivity index is 2.38. The lowest BCUT2D eigenvalue weighted by atomic mass is 10.0. The number of hydrogen-bond acceptors (Lipinski definition) is 0. The number of rotatable bonds is 1. The van der Waals surface area contributed by atoms with Crippen molar-refractivity contribution in [2.24, 2.45) is 0 Å². The molecule has 0 aliphatic rings. The van der Waals surface area contributed by atoms with E-state index in [1.54, 1.807) is 18.3 Å². The van der Waals surface area contributed by atoms with Gasteiger partial charge in [0.1, 0.15) is 11.6 Å². The van der Waals surface area contributed by atoms with Crippen LogP contribution in [0.15, 0.2) is 48.7 Å². The number of hydrogen-bond donors (Lipinski definition) is 1. The number of aromatic nitrogens is 1. The lowest BCUT2D eigenvalue weighted by molar-refractivity contribution is 0.590. The number of benzene rings is 2. The van der Waals surface area contributed by atoms with E-state index in [4.69, 9.17) is 0 Å². The summed E-state index contributed by atoms with van der Waals surface area (Å²) in [6, 6.07) is 11.1. The first-order valence-corrected chi connectivity index (χ1v) is 5.28. The highest BCUT2D eigenvalue weighted by molar-refractivity contribution is 5.95. The molecule has 1 aromatic heterocycles. The van der Waals surface area contributed by atoms with E-state index in [2.05, 4.69) is 4.98 Å². The van der Waals surface area contributed by atoms with Crippen molar-refractivity contribution in [3.8, 4) is 11.1 Å². The van der Waals surface area contributed by atoms with Gasteiger partial charge in [0.15, 0.2) is 0 Å². The second kappa shape index (κ2) is 3.70. The average Bonchev–Trinajstić information content (AvgIpc) is 2.77. The molecule has 2 aromatic carbocycles. The van der Waals surface area contributed by atoms with Crippen molar-refractivity contribution in [2.45, 2.75) is 0 Å². The maximum Gasteiger partial charge on any atom is 0.133 e. The van der Waals surface area contributed by atoms with Crippen LogP contribution in [0.1, 0.15) is 0 Å². The van der Waals surface area contributed by atoms with Gasteiger partial charge in [-0.2, -0.15) is 0 Å². The van der Waals surface area contributed by atoms with Crippen molar-refractivity contribution in [2.75, 3.05) is 0 Å². The van der Waals surface area contributed by atoms with E-state index in [9.17, 15) is 8.78 Å². The molecule has 1 N–H and O–H groups in total. The molecule has 0 saturated carbocycles. The van der Waals surface area contributed by atoms with E-state index in [1.807, 2.05) is 12.1 Å². The number of H-pyrrole nitrogens is 1. The molecule has 3 aromatic rings. The van der Waals surface area contributed by atoms with Crippen LogP contribution in [0.25, 0.3) is 22.0 Å². The monoisotopic (exact) mass is 229 g/mol. The summed E-state index contributed by atoms with van der Waals surface area (Å²) < 4.78 is 27.4. The fraction of sp³-hybridized carbons (Fsp3) is 0. The molecule has 0 aliphatic heterocycles. The Morgan fingerprint density at radius 2 is 1.53 bits per heavy atom. The van der Waals surface area contributed by atoms with Gasteiger partial charge in [-0.1, -0.05) is 18.2 Å². The summed E-state index contributed by atoms with van der Waals surface area (Å²) in [7, 11) is 0. The number of halogens is 2. The second-order valence-corrected chi connectivity index (χ2v) is 3.84. The summed E-state index contributed by atoms with van der Waals surface area (Å²) in [5, 5.41) is 0.816. The Hall–Kier alpha value is -2.16. The molecule has 0 spiro atoms.